The van der Waals surface area contributed by atoms with E-state index < -0.39 is 5.72 Å². The van der Waals surface area contributed by atoms with Crippen molar-refractivity contribution >= 4 is 16.5 Å². The maximum atomic E-state index is 6.56. The SMILES string of the molecule is CC1(c2ccncc2)Oc2ccccc2C2CC(c3ccc4ccccc4c3)=NN21. The molecular formula is C26H21N3O. The minimum atomic E-state index is -0.694. The third kappa shape index (κ3) is 2.53. The van der Waals surface area contributed by atoms with E-state index in [9.17, 15) is 0 Å². The third-order valence-electron chi connectivity index (χ3n) is 6.23. The number of hydrogen-bond acceptors (Lipinski definition) is 4. The Hall–Kier alpha value is -3.66. The molecule has 3 aromatic carbocycles. The minimum Gasteiger partial charge on any atom is -0.462 e. The van der Waals surface area contributed by atoms with E-state index in [4.69, 9.17) is 9.84 Å². The van der Waals surface area contributed by atoms with Gasteiger partial charge in [-0.3, -0.25) is 4.98 Å². The van der Waals surface area contributed by atoms with Crippen LogP contribution < -0.4 is 4.74 Å². The fourth-order valence-electron chi connectivity index (χ4n) is 4.65. The fourth-order valence-corrected chi connectivity index (χ4v) is 4.65. The summed E-state index contributed by atoms with van der Waals surface area (Å²) in [5.41, 5.74) is 3.79. The number of nitrogens with zero attached hydrogens (tertiary/aromatic N) is 3. The maximum Gasteiger partial charge on any atom is 0.221 e. The Labute approximate surface area is 175 Å². The van der Waals surface area contributed by atoms with Crippen LogP contribution in [-0.4, -0.2) is 15.7 Å². The van der Waals surface area contributed by atoms with Crippen LogP contribution in [0.15, 0.2) is 96.4 Å². The quantitative estimate of drug-likeness (QED) is 0.443. The van der Waals surface area contributed by atoms with Crippen LogP contribution in [0.1, 0.15) is 36.1 Å². The lowest BCUT2D eigenvalue weighted by Gasteiger charge is -2.45. The summed E-state index contributed by atoms with van der Waals surface area (Å²) in [4.78, 5) is 4.18. The number of para-hydroxylation sites is 1. The first-order valence-electron chi connectivity index (χ1n) is 10.3. The molecule has 4 aromatic rings. The van der Waals surface area contributed by atoms with Gasteiger partial charge in [-0.25, -0.2) is 5.01 Å². The van der Waals surface area contributed by atoms with Gasteiger partial charge in [-0.15, -0.1) is 0 Å². The highest BCUT2D eigenvalue weighted by molar-refractivity contribution is 6.04. The molecule has 0 saturated heterocycles. The van der Waals surface area contributed by atoms with Crippen LogP contribution in [0.25, 0.3) is 10.8 Å². The first kappa shape index (κ1) is 17.2. The van der Waals surface area contributed by atoms with Crippen LogP contribution in [0.4, 0.5) is 0 Å². The molecule has 2 atom stereocenters. The van der Waals surface area contributed by atoms with E-state index in [1.165, 1.54) is 16.3 Å². The predicted octanol–water partition coefficient (Wildman–Crippen LogP) is 5.65. The van der Waals surface area contributed by atoms with Crippen molar-refractivity contribution < 1.29 is 4.74 Å². The molecule has 4 nitrogen and oxygen atoms in total. The molecule has 6 rings (SSSR count). The number of rotatable bonds is 2. The van der Waals surface area contributed by atoms with Gasteiger partial charge in [0, 0.05) is 36.9 Å². The second kappa shape index (κ2) is 6.42. The van der Waals surface area contributed by atoms with E-state index in [0.717, 1.165) is 29.0 Å². The van der Waals surface area contributed by atoms with Crippen LogP contribution >= 0.6 is 0 Å². The highest BCUT2D eigenvalue weighted by atomic mass is 16.5. The second-order valence-electron chi connectivity index (χ2n) is 8.03. The van der Waals surface area contributed by atoms with Gasteiger partial charge in [-0.05, 0) is 40.6 Å². The molecule has 0 bridgehead atoms. The van der Waals surface area contributed by atoms with E-state index in [0.29, 0.717) is 0 Å². The van der Waals surface area contributed by atoms with Gasteiger partial charge >= 0.3 is 0 Å². The van der Waals surface area contributed by atoms with Gasteiger partial charge in [-0.2, -0.15) is 5.10 Å². The van der Waals surface area contributed by atoms with Gasteiger partial charge < -0.3 is 4.74 Å². The third-order valence-corrected chi connectivity index (χ3v) is 6.23. The first-order chi connectivity index (χ1) is 14.7. The van der Waals surface area contributed by atoms with Gasteiger partial charge in [0.15, 0.2) is 0 Å². The van der Waals surface area contributed by atoms with Crippen molar-refractivity contribution in [2.24, 2.45) is 5.10 Å². The highest BCUT2D eigenvalue weighted by Gasteiger charge is 2.48. The zero-order valence-electron chi connectivity index (χ0n) is 16.7. The van der Waals surface area contributed by atoms with Gasteiger partial charge in [0.25, 0.3) is 0 Å². The molecule has 0 amide bonds. The summed E-state index contributed by atoms with van der Waals surface area (Å²) in [6.45, 7) is 2.10. The maximum absolute atomic E-state index is 6.56. The average molecular weight is 391 g/mol. The summed E-state index contributed by atoms with van der Waals surface area (Å²) >= 11 is 0. The summed E-state index contributed by atoms with van der Waals surface area (Å²) < 4.78 is 6.56. The molecule has 0 spiro atoms. The Bertz CT molecular complexity index is 1280. The molecule has 30 heavy (non-hydrogen) atoms. The highest BCUT2D eigenvalue weighted by Crippen LogP contribution is 2.50. The molecule has 0 saturated carbocycles. The Morgan fingerprint density at radius 3 is 2.53 bits per heavy atom. The summed E-state index contributed by atoms with van der Waals surface area (Å²) in [5, 5.41) is 9.73. The van der Waals surface area contributed by atoms with Crippen molar-refractivity contribution in [2.75, 3.05) is 0 Å². The van der Waals surface area contributed by atoms with Crippen molar-refractivity contribution in [1.29, 1.82) is 0 Å². The Morgan fingerprint density at radius 1 is 0.900 bits per heavy atom. The molecular weight excluding hydrogens is 370 g/mol. The van der Waals surface area contributed by atoms with Gasteiger partial charge in [0.1, 0.15) is 5.75 Å². The van der Waals surface area contributed by atoms with Crippen molar-refractivity contribution in [3.63, 3.8) is 0 Å². The van der Waals surface area contributed by atoms with Crippen LogP contribution in [0.2, 0.25) is 0 Å². The van der Waals surface area contributed by atoms with Crippen LogP contribution in [0, 0.1) is 0 Å². The smallest absolute Gasteiger partial charge is 0.221 e. The summed E-state index contributed by atoms with van der Waals surface area (Å²) in [5.74, 6) is 0.924. The van der Waals surface area contributed by atoms with E-state index in [2.05, 4.69) is 77.6 Å². The van der Waals surface area contributed by atoms with Crippen molar-refractivity contribution in [2.45, 2.75) is 25.1 Å². The van der Waals surface area contributed by atoms with Crippen LogP contribution in [0.3, 0.4) is 0 Å². The summed E-state index contributed by atoms with van der Waals surface area (Å²) in [6, 6.07) is 27.5. The van der Waals surface area contributed by atoms with Crippen molar-refractivity contribution in [3.05, 3.63) is 108 Å². The Balaban J connectivity index is 1.49. The standard InChI is InChI=1S/C26H21N3O/c1-26(21-12-14-27-15-13-21)29-24(22-8-4-5-9-25(22)30-26)17-23(28-29)20-11-10-18-6-2-3-7-19(18)16-20/h2-16,24H,17H2,1H3. The number of hydrogen-bond donors (Lipinski definition) is 0. The topological polar surface area (TPSA) is 37.7 Å². The number of ether oxygens (including phenoxy) is 1. The van der Waals surface area contributed by atoms with E-state index in [-0.39, 0.29) is 6.04 Å². The fraction of sp³-hybridized carbons (Fsp3) is 0.154. The monoisotopic (exact) mass is 391 g/mol. The number of fused-ring (bicyclic) bond motifs is 4. The minimum absolute atomic E-state index is 0.134. The predicted molar refractivity (Wildman–Crippen MR) is 118 cm³/mol. The number of hydrazone groups is 1. The zero-order valence-corrected chi connectivity index (χ0v) is 16.7. The molecule has 3 heterocycles. The van der Waals surface area contributed by atoms with E-state index in [1.807, 2.05) is 30.6 Å². The molecule has 2 aliphatic rings. The van der Waals surface area contributed by atoms with E-state index >= 15 is 0 Å². The van der Waals surface area contributed by atoms with Crippen molar-refractivity contribution in [3.8, 4) is 5.75 Å². The summed E-state index contributed by atoms with van der Waals surface area (Å²) in [7, 11) is 0. The first-order valence-corrected chi connectivity index (χ1v) is 10.3. The Kier molecular flexibility index (Phi) is 3.69. The molecule has 0 aliphatic carbocycles. The van der Waals surface area contributed by atoms with E-state index in [1.54, 1.807) is 0 Å². The molecule has 146 valence electrons. The molecule has 2 unspecified atom stereocenters. The summed E-state index contributed by atoms with van der Waals surface area (Å²) in [6.07, 6.45) is 4.46. The largest absolute Gasteiger partial charge is 0.462 e. The van der Waals surface area contributed by atoms with Crippen molar-refractivity contribution in [1.82, 2.24) is 9.99 Å². The van der Waals surface area contributed by atoms with Gasteiger partial charge in [0.05, 0.1) is 11.8 Å². The van der Waals surface area contributed by atoms with Gasteiger partial charge in [0.2, 0.25) is 5.72 Å². The lowest BCUT2D eigenvalue weighted by atomic mass is 9.92. The molecule has 2 aliphatic heterocycles. The van der Waals surface area contributed by atoms with Crippen LogP contribution in [0.5, 0.6) is 5.75 Å². The number of pyridine rings is 1. The lowest BCUT2D eigenvalue weighted by molar-refractivity contribution is -0.112. The Morgan fingerprint density at radius 2 is 1.67 bits per heavy atom. The lowest BCUT2D eigenvalue weighted by Crippen LogP contribution is -2.48. The number of benzene rings is 3. The van der Waals surface area contributed by atoms with Crippen LogP contribution in [-0.2, 0) is 5.72 Å². The normalized spacial score (nSPS) is 22.2. The molecule has 0 radical (unpaired) electrons. The second-order valence-corrected chi connectivity index (χ2v) is 8.03. The molecule has 0 N–H and O–H groups in total. The number of aromatic nitrogens is 1. The average Bonchev–Trinajstić information content (AvgIpc) is 3.26. The molecule has 1 aromatic heterocycles. The zero-order chi connectivity index (χ0) is 20.1. The molecule has 0 fully saturated rings. The van der Waals surface area contributed by atoms with Gasteiger partial charge in [-0.1, -0.05) is 54.6 Å². The molecule has 4 heteroatoms.